The van der Waals surface area contributed by atoms with Crippen LogP contribution in [0.1, 0.15) is 19.8 Å². The van der Waals surface area contributed by atoms with Gasteiger partial charge in [0.05, 0.1) is 11.0 Å². The molecule has 108 valence electrons. The molecule has 2 aromatic rings. The zero-order valence-electron chi connectivity index (χ0n) is 11.8. The second kappa shape index (κ2) is 5.32. The Morgan fingerprint density at radius 2 is 2.30 bits per heavy atom. The Morgan fingerprint density at radius 1 is 1.45 bits per heavy atom. The quantitative estimate of drug-likeness (QED) is 0.897. The molecule has 0 saturated carbocycles. The molecule has 1 aliphatic heterocycles. The molecule has 1 aliphatic rings. The number of aromatic amines is 1. The minimum absolute atomic E-state index is 0.0841. The molecule has 0 bridgehead atoms. The van der Waals surface area contributed by atoms with Gasteiger partial charge in [0.2, 0.25) is 0 Å². The lowest BCUT2D eigenvalue weighted by atomic mass is 9.98. The van der Waals surface area contributed by atoms with Crippen LogP contribution in [0, 0.1) is 5.92 Å². The highest BCUT2D eigenvalue weighted by Crippen LogP contribution is 2.21. The summed E-state index contributed by atoms with van der Waals surface area (Å²) in [5.74, 6) is 0.701. The smallest absolute Gasteiger partial charge is 0.326 e. The van der Waals surface area contributed by atoms with Crippen LogP contribution in [0.4, 0.5) is 0 Å². The molecule has 1 atom stereocenters. The van der Waals surface area contributed by atoms with Gasteiger partial charge in [-0.15, -0.1) is 0 Å². The number of phenolic OH excluding ortho intramolecular Hbond substituents is 1. The van der Waals surface area contributed by atoms with Crippen molar-refractivity contribution in [1.29, 1.82) is 0 Å². The van der Waals surface area contributed by atoms with Gasteiger partial charge < -0.3 is 15.0 Å². The van der Waals surface area contributed by atoms with Crippen LogP contribution in [0.15, 0.2) is 23.0 Å². The fourth-order valence-electron chi connectivity index (χ4n) is 3.17. The highest BCUT2D eigenvalue weighted by molar-refractivity contribution is 5.76. The molecule has 0 amide bonds. The molecule has 1 aromatic carbocycles. The number of benzene rings is 1. The Balaban J connectivity index is 1.88. The van der Waals surface area contributed by atoms with E-state index in [1.165, 1.54) is 6.42 Å². The maximum absolute atomic E-state index is 12.1. The van der Waals surface area contributed by atoms with Crippen LogP contribution in [-0.2, 0) is 6.54 Å². The first-order valence-corrected chi connectivity index (χ1v) is 7.31. The Bertz CT molecular complexity index is 659. The third kappa shape index (κ3) is 2.45. The molecular formula is C15H21N3O2. The van der Waals surface area contributed by atoms with Gasteiger partial charge in [-0.3, -0.25) is 4.57 Å². The van der Waals surface area contributed by atoms with E-state index in [1.54, 1.807) is 22.8 Å². The number of rotatable bonds is 3. The maximum Gasteiger partial charge on any atom is 0.326 e. The average molecular weight is 275 g/mol. The zero-order valence-corrected chi connectivity index (χ0v) is 11.8. The van der Waals surface area contributed by atoms with E-state index >= 15 is 0 Å². The monoisotopic (exact) mass is 275 g/mol. The number of H-pyrrole nitrogens is 1. The summed E-state index contributed by atoms with van der Waals surface area (Å²) >= 11 is 0. The number of hydrogen-bond donors (Lipinski definition) is 2. The van der Waals surface area contributed by atoms with Gasteiger partial charge in [0.15, 0.2) is 0 Å². The van der Waals surface area contributed by atoms with E-state index < -0.39 is 0 Å². The van der Waals surface area contributed by atoms with Crippen molar-refractivity contribution in [3.05, 3.63) is 28.7 Å². The number of nitrogens with zero attached hydrogens (tertiary/aromatic N) is 2. The van der Waals surface area contributed by atoms with Crippen LogP contribution < -0.4 is 5.69 Å². The van der Waals surface area contributed by atoms with Gasteiger partial charge in [-0.1, -0.05) is 6.92 Å². The number of aromatic hydroxyl groups is 1. The summed E-state index contributed by atoms with van der Waals surface area (Å²) in [6.45, 7) is 6.18. The molecule has 0 aliphatic carbocycles. The minimum Gasteiger partial charge on any atom is -0.508 e. The minimum atomic E-state index is -0.0841. The van der Waals surface area contributed by atoms with Crippen molar-refractivity contribution >= 4 is 11.0 Å². The number of phenols is 1. The SMILES string of the molecule is CCN1CCCC(Cn2c(=O)[nH]c3ccc(O)cc32)C1. The number of hydrogen-bond acceptors (Lipinski definition) is 3. The van der Waals surface area contributed by atoms with Crippen LogP contribution in [0.3, 0.4) is 0 Å². The van der Waals surface area contributed by atoms with Gasteiger partial charge >= 0.3 is 5.69 Å². The summed E-state index contributed by atoms with van der Waals surface area (Å²) in [4.78, 5) is 17.4. The normalized spacial score (nSPS) is 20.6. The summed E-state index contributed by atoms with van der Waals surface area (Å²) in [5.41, 5.74) is 1.50. The predicted molar refractivity (Wildman–Crippen MR) is 79.1 cm³/mol. The Hall–Kier alpha value is -1.75. The molecular weight excluding hydrogens is 254 g/mol. The van der Waals surface area contributed by atoms with Crippen molar-refractivity contribution in [3.8, 4) is 5.75 Å². The van der Waals surface area contributed by atoms with Crippen LogP contribution in [0.25, 0.3) is 11.0 Å². The fraction of sp³-hybridized carbons (Fsp3) is 0.533. The summed E-state index contributed by atoms with van der Waals surface area (Å²) < 4.78 is 1.76. The van der Waals surface area contributed by atoms with Gasteiger partial charge in [-0.25, -0.2) is 4.79 Å². The predicted octanol–water partition coefficient (Wildman–Crippen LogP) is 1.77. The molecule has 20 heavy (non-hydrogen) atoms. The van der Waals surface area contributed by atoms with Crippen molar-refractivity contribution in [2.45, 2.75) is 26.3 Å². The van der Waals surface area contributed by atoms with Gasteiger partial charge in [0.1, 0.15) is 5.75 Å². The molecule has 1 fully saturated rings. The number of nitrogens with one attached hydrogen (secondary N) is 1. The van der Waals surface area contributed by atoms with Crippen LogP contribution in [0.2, 0.25) is 0 Å². The highest BCUT2D eigenvalue weighted by Gasteiger charge is 2.20. The highest BCUT2D eigenvalue weighted by atomic mass is 16.3. The molecule has 2 N–H and O–H groups in total. The first-order chi connectivity index (χ1) is 9.67. The van der Waals surface area contributed by atoms with Crippen molar-refractivity contribution in [2.24, 2.45) is 5.92 Å². The average Bonchev–Trinajstić information content (AvgIpc) is 2.75. The van der Waals surface area contributed by atoms with Crippen molar-refractivity contribution < 1.29 is 5.11 Å². The summed E-state index contributed by atoms with van der Waals surface area (Å²) in [6.07, 6.45) is 2.36. The van der Waals surface area contributed by atoms with Crippen LogP contribution in [-0.4, -0.2) is 39.2 Å². The largest absolute Gasteiger partial charge is 0.508 e. The van der Waals surface area contributed by atoms with E-state index in [9.17, 15) is 9.90 Å². The Labute approximate surface area is 117 Å². The summed E-state index contributed by atoms with van der Waals surface area (Å²) in [7, 11) is 0. The molecule has 3 rings (SSSR count). The van der Waals surface area contributed by atoms with Crippen LogP contribution in [0.5, 0.6) is 5.75 Å². The van der Waals surface area contributed by atoms with E-state index in [4.69, 9.17) is 0 Å². The summed E-state index contributed by atoms with van der Waals surface area (Å²) in [6, 6.07) is 5.01. The molecule has 2 heterocycles. The first kappa shape index (κ1) is 13.2. The topological polar surface area (TPSA) is 61.3 Å². The van der Waals surface area contributed by atoms with Gasteiger partial charge in [0, 0.05) is 19.2 Å². The fourth-order valence-corrected chi connectivity index (χ4v) is 3.17. The lowest BCUT2D eigenvalue weighted by Gasteiger charge is -2.31. The molecule has 1 saturated heterocycles. The second-order valence-electron chi connectivity index (χ2n) is 5.64. The third-order valence-corrected chi connectivity index (χ3v) is 4.25. The van der Waals surface area contributed by atoms with E-state index in [0.29, 0.717) is 5.92 Å². The van der Waals surface area contributed by atoms with Crippen molar-refractivity contribution in [2.75, 3.05) is 19.6 Å². The third-order valence-electron chi connectivity index (χ3n) is 4.25. The van der Waals surface area contributed by atoms with E-state index in [0.717, 1.165) is 43.6 Å². The molecule has 1 unspecified atom stereocenters. The molecule has 1 aromatic heterocycles. The zero-order chi connectivity index (χ0) is 14.1. The molecule has 0 spiro atoms. The van der Waals surface area contributed by atoms with Crippen molar-refractivity contribution in [3.63, 3.8) is 0 Å². The lowest BCUT2D eigenvalue weighted by molar-refractivity contribution is 0.170. The van der Waals surface area contributed by atoms with E-state index in [-0.39, 0.29) is 11.4 Å². The van der Waals surface area contributed by atoms with E-state index in [2.05, 4.69) is 16.8 Å². The lowest BCUT2D eigenvalue weighted by Crippen LogP contribution is -2.37. The van der Waals surface area contributed by atoms with Crippen LogP contribution >= 0.6 is 0 Å². The summed E-state index contributed by atoms with van der Waals surface area (Å²) in [5, 5.41) is 9.61. The van der Waals surface area contributed by atoms with Gasteiger partial charge in [-0.05, 0) is 44.0 Å². The number of likely N-dealkylation sites (tertiary alicyclic amines) is 1. The maximum atomic E-state index is 12.1. The molecule has 0 radical (unpaired) electrons. The standard InChI is InChI=1S/C15H21N3O2/c1-2-17-7-3-4-11(9-17)10-18-14-8-12(19)5-6-13(14)16-15(18)20/h5-6,8,11,19H,2-4,7,9-10H2,1H3,(H,16,20). The number of fused-ring (bicyclic) bond motifs is 1. The van der Waals surface area contributed by atoms with Crippen molar-refractivity contribution in [1.82, 2.24) is 14.5 Å². The van der Waals surface area contributed by atoms with Gasteiger partial charge in [-0.2, -0.15) is 0 Å². The first-order valence-electron chi connectivity index (χ1n) is 7.31. The molecule has 5 nitrogen and oxygen atoms in total. The molecule has 5 heteroatoms. The Kier molecular flexibility index (Phi) is 3.53. The Morgan fingerprint density at radius 3 is 3.10 bits per heavy atom. The number of aromatic nitrogens is 2. The van der Waals surface area contributed by atoms with Gasteiger partial charge in [0.25, 0.3) is 0 Å². The second-order valence-corrected chi connectivity index (χ2v) is 5.64. The number of imidazole rings is 1. The van der Waals surface area contributed by atoms with E-state index in [1.807, 2.05) is 0 Å². The number of piperidine rings is 1.